The zero-order valence-corrected chi connectivity index (χ0v) is 14.6. The zero-order chi connectivity index (χ0) is 16.6. The second-order valence-corrected chi connectivity index (χ2v) is 7.40. The first-order valence-corrected chi connectivity index (χ1v) is 8.28. The summed E-state index contributed by atoms with van der Waals surface area (Å²) in [4.78, 5) is 14.0. The van der Waals surface area contributed by atoms with Gasteiger partial charge in [0.2, 0.25) is 0 Å². The quantitative estimate of drug-likeness (QED) is 0.763. The Hall–Kier alpha value is -1.52. The molecule has 0 N–H and O–H groups in total. The number of carbonyl (C=O) groups is 1. The maximum Gasteiger partial charge on any atom is 0.410 e. The largest absolute Gasteiger partial charge is 0.444 e. The van der Waals surface area contributed by atoms with Crippen LogP contribution < -0.4 is 0 Å². The number of nitrogens with zero attached hydrogens (tertiary/aromatic N) is 1. The van der Waals surface area contributed by atoms with Gasteiger partial charge in [-0.1, -0.05) is 17.7 Å². The average Bonchev–Trinajstić information content (AvgIpc) is 2.88. The highest BCUT2D eigenvalue weighted by Crippen LogP contribution is 2.34. The van der Waals surface area contributed by atoms with Crippen molar-refractivity contribution in [1.82, 2.24) is 4.90 Å². The maximum atomic E-state index is 12.2. The fourth-order valence-corrected chi connectivity index (χ4v) is 3.20. The van der Waals surface area contributed by atoms with Crippen LogP contribution in [0.15, 0.2) is 18.2 Å². The lowest BCUT2D eigenvalue weighted by Gasteiger charge is -2.24. The molecule has 0 aromatic heterocycles. The Kier molecular flexibility index (Phi) is 4.39. The van der Waals surface area contributed by atoms with Crippen molar-refractivity contribution >= 4 is 23.3 Å². The van der Waals surface area contributed by atoms with Crippen LogP contribution in [0.5, 0.6) is 0 Å². The van der Waals surface area contributed by atoms with Gasteiger partial charge in [-0.15, -0.1) is 0 Å². The summed E-state index contributed by atoms with van der Waals surface area (Å²) in [7, 11) is 0. The molecular weight excluding hydrogens is 314 g/mol. The molecule has 0 spiro atoms. The van der Waals surface area contributed by atoms with E-state index in [9.17, 15) is 4.79 Å². The molecule has 3 rings (SSSR count). The monoisotopic (exact) mass is 335 g/mol. The molecule has 1 aromatic carbocycles. The summed E-state index contributed by atoms with van der Waals surface area (Å²) in [6, 6.07) is 4.09. The second-order valence-electron chi connectivity index (χ2n) is 6.99. The topological polar surface area (TPSA) is 38.8 Å². The third kappa shape index (κ3) is 3.70. The molecule has 124 valence electrons. The highest BCUT2D eigenvalue weighted by molar-refractivity contribution is 6.32. The Morgan fingerprint density at radius 1 is 1.26 bits per heavy atom. The van der Waals surface area contributed by atoms with Crippen molar-refractivity contribution in [3.63, 3.8) is 0 Å². The van der Waals surface area contributed by atoms with Crippen LogP contribution >= 0.6 is 11.6 Å². The van der Waals surface area contributed by atoms with E-state index in [4.69, 9.17) is 21.1 Å². The van der Waals surface area contributed by atoms with Crippen molar-refractivity contribution in [3.05, 3.63) is 39.9 Å². The standard InChI is InChI=1S/C18H22ClNO3/c1-18(2,3)23-17(21)20-10-13-8-15(12-4-6-22-7-5-12)16(19)9-14(13)11-20/h4,8-9H,5-7,10-11H2,1-3H3. The van der Waals surface area contributed by atoms with Gasteiger partial charge >= 0.3 is 6.09 Å². The van der Waals surface area contributed by atoms with E-state index in [1.165, 1.54) is 5.57 Å². The van der Waals surface area contributed by atoms with Gasteiger partial charge < -0.3 is 9.47 Å². The maximum absolute atomic E-state index is 12.2. The molecule has 23 heavy (non-hydrogen) atoms. The summed E-state index contributed by atoms with van der Waals surface area (Å²) in [5.41, 5.74) is 4.03. The Morgan fingerprint density at radius 3 is 2.57 bits per heavy atom. The number of fused-ring (bicyclic) bond motifs is 1. The number of benzene rings is 1. The van der Waals surface area contributed by atoms with E-state index >= 15 is 0 Å². The number of ether oxygens (including phenoxy) is 2. The molecule has 1 aromatic rings. The van der Waals surface area contributed by atoms with E-state index in [-0.39, 0.29) is 6.09 Å². The molecule has 0 saturated carbocycles. The lowest BCUT2D eigenvalue weighted by molar-refractivity contribution is 0.0242. The zero-order valence-electron chi connectivity index (χ0n) is 13.8. The van der Waals surface area contributed by atoms with Crippen LogP contribution in [0.2, 0.25) is 5.02 Å². The molecule has 0 radical (unpaired) electrons. The summed E-state index contributed by atoms with van der Waals surface area (Å²) in [6.45, 7) is 8.10. The smallest absolute Gasteiger partial charge is 0.410 e. The average molecular weight is 336 g/mol. The van der Waals surface area contributed by atoms with Crippen molar-refractivity contribution in [2.24, 2.45) is 0 Å². The van der Waals surface area contributed by atoms with Crippen LogP contribution in [0.4, 0.5) is 4.79 Å². The Bertz CT molecular complexity index is 661. The van der Waals surface area contributed by atoms with Crippen LogP contribution in [0.3, 0.4) is 0 Å². The minimum absolute atomic E-state index is 0.281. The van der Waals surface area contributed by atoms with Crippen LogP contribution in [0, 0.1) is 0 Å². The normalized spacial score (nSPS) is 17.7. The molecule has 2 heterocycles. The number of amides is 1. The summed E-state index contributed by atoms with van der Waals surface area (Å²) in [6.07, 6.45) is 2.67. The predicted octanol–water partition coefficient (Wildman–Crippen LogP) is 4.39. The molecule has 5 heteroatoms. The highest BCUT2D eigenvalue weighted by atomic mass is 35.5. The number of rotatable bonds is 1. The predicted molar refractivity (Wildman–Crippen MR) is 90.3 cm³/mol. The van der Waals surface area contributed by atoms with Crippen LogP contribution in [0.1, 0.15) is 43.9 Å². The fraction of sp³-hybridized carbons (Fsp3) is 0.500. The van der Waals surface area contributed by atoms with Gasteiger partial charge in [0.05, 0.1) is 13.2 Å². The third-order valence-electron chi connectivity index (χ3n) is 3.97. The molecule has 0 aliphatic carbocycles. The fourth-order valence-electron chi connectivity index (χ4n) is 2.89. The molecule has 1 amide bonds. The van der Waals surface area contributed by atoms with E-state index < -0.39 is 5.60 Å². The number of halogens is 1. The van der Waals surface area contributed by atoms with Crippen LogP contribution in [0.25, 0.3) is 5.57 Å². The van der Waals surface area contributed by atoms with Crippen LogP contribution in [-0.4, -0.2) is 29.8 Å². The Balaban J connectivity index is 1.80. The molecule has 0 unspecified atom stereocenters. The van der Waals surface area contributed by atoms with Gasteiger partial charge in [-0.25, -0.2) is 4.79 Å². The summed E-state index contributed by atoms with van der Waals surface area (Å²) in [5, 5.41) is 0.739. The van der Waals surface area contributed by atoms with Gasteiger partial charge in [-0.3, -0.25) is 4.90 Å². The van der Waals surface area contributed by atoms with Crippen molar-refractivity contribution in [2.45, 2.75) is 45.9 Å². The minimum atomic E-state index is -0.485. The van der Waals surface area contributed by atoms with Crippen molar-refractivity contribution in [3.8, 4) is 0 Å². The van der Waals surface area contributed by atoms with Gasteiger partial charge in [0, 0.05) is 18.1 Å². The lowest BCUT2D eigenvalue weighted by Crippen LogP contribution is -2.33. The Labute approximate surface area is 142 Å². The Morgan fingerprint density at radius 2 is 1.96 bits per heavy atom. The van der Waals surface area contributed by atoms with E-state index in [1.54, 1.807) is 4.90 Å². The van der Waals surface area contributed by atoms with Gasteiger partial charge in [0.15, 0.2) is 0 Å². The molecule has 0 atom stereocenters. The summed E-state index contributed by atoms with van der Waals surface area (Å²) >= 11 is 6.46. The van der Waals surface area contributed by atoms with Crippen molar-refractivity contribution in [1.29, 1.82) is 0 Å². The molecule has 0 fully saturated rings. The van der Waals surface area contributed by atoms with Gasteiger partial charge in [-0.05, 0) is 61.6 Å². The molecule has 2 aliphatic heterocycles. The summed E-state index contributed by atoms with van der Waals surface area (Å²) in [5.74, 6) is 0. The number of hydrogen-bond donors (Lipinski definition) is 0. The SMILES string of the molecule is CC(C)(C)OC(=O)N1Cc2cc(Cl)c(C3=CCOCC3)cc2C1. The third-order valence-corrected chi connectivity index (χ3v) is 4.29. The molecule has 2 aliphatic rings. The highest BCUT2D eigenvalue weighted by Gasteiger charge is 2.28. The first-order valence-electron chi connectivity index (χ1n) is 7.90. The number of carbonyl (C=O) groups excluding carboxylic acids is 1. The van der Waals surface area contributed by atoms with E-state index in [2.05, 4.69) is 12.1 Å². The van der Waals surface area contributed by atoms with Crippen molar-refractivity contribution in [2.75, 3.05) is 13.2 Å². The molecular formula is C18H22ClNO3. The first kappa shape index (κ1) is 16.3. The molecule has 0 saturated heterocycles. The summed E-state index contributed by atoms with van der Waals surface area (Å²) < 4.78 is 10.8. The van der Waals surface area contributed by atoms with Gasteiger partial charge in [-0.2, -0.15) is 0 Å². The van der Waals surface area contributed by atoms with Gasteiger partial charge in [0.1, 0.15) is 5.60 Å². The van der Waals surface area contributed by atoms with Crippen molar-refractivity contribution < 1.29 is 14.3 Å². The second kappa shape index (κ2) is 6.17. The van der Waals surface area contributed by atoms with E-state index in [0.717, 1.165) is 34.7 Å². The molecule has 4 nitrogen and oxygen atoms in total. The van der Waals surface area contributed by atoms with Crippen LogP contribution in [-0.2, 0) is 22.6 Å². The van der Waals surface area contributed by atoms with E-state index in [1.807, 2.05) is 26.8 Å². The minimum Gasteiger partial charge on any atom is -0.444 e. The van der Waals surface area contributed by atoms with Gasteiger partial charge in [0.25, 0.3) is 0 Å². The lowest BCUT2D eigenvalue weighted by atomic mass is 9.97. The number of hydrogen-bond acceptors (Lipinski definition) is 3. The first-order chi connectivity index (χ1) is 10.8. The van der Waals surface area contributed by atoms with E-state index in [0.29, 0.717) is 19.7 Å². The molecule has 0 bridgehead atoms.